The van der Waals surface area contributed by atoms with Crippen molar-refractivity contribution >= 4 is 54.7 Å². The summed E-state index contributed by atoms with van der Waals surface area (Å²) < 4.78 is 33.8. The second-order valence-electron chi connectivity index (χ2n) is 10.6. The number of benzene rings is 4. The minimum absolute atomic E-state index is 0.712. The van der Waals surface area contributed by atoms with Crippen LogP contribution >= 0.6 is 0 Å². The third kappa shape index (κ3) is 8.09. The Morgan fingerprint density at radius 3 is 0.729 bits per heavy atom. The number of rotatable bonds is 15. The molecule has 6 heteroatoms. The van der Waals surface area contributed by atoms with Crippen molar-refractivity contribution in [1.29, 1.82) is 0 Å². The van der Waals surface area contributed by atoms with Crippen molar-refractivity contribution in [3.8, 4) is 34.5 Å². The summed E-state index contributed by atoms with van der Waals surface area (Å²) >= 11 is 0. The molecular weight excluding hydrogens is 600 g/mol. The molecule has 0 radical (unpaired) electrons. The highest BCUT2D eigenvalue weighted by Gasteiger charge is 2.10. The van der Waals surface area contributed by atoms with Crippen LogP contribution in [0.1, 0.15) is 50.1 Å². The molecule has 4 rings (SSSR count). The normalized spacial score (nSPS) is 11.1. The van der Waals surface area contributed by atoms with Gasteiger partial charge in [0.15, 0.2) is 0 Å². The summed E-state index contributed by atoms with van der Waals surface area (Å²) in [4.78, 5) is 0. The van der Waals surface area contributed by atoms with E-state index in [4.69, 9.17) is 28.4 Å². The van der Waals surface area contributed by atoms with Gasteiger partial charge in [-0.15, -0.1) is 0 Å². The van der Waals surface area contributed by atoms with Crippen LogP contribution in [0.15, 0.2) is 74.3 Å². The third-order valence-corrected chi connectivity index (χ3v) is 7.77. The molecule has 0 amide bonds. The van der Waals surface area contributed by atoms with Crippen LogP contribution in [0, 0.1) is 0 Å². The van der Waals surface area contributed by atoms with Crippen LogP contribution in [0.5, 0.6) is 34.5 Å². The molecule has 4 aromatic carbocycles. The molecule has 0 bridgehead atoms. The third-order valence-electron chi connectivity index (χ3n) is 7.77. The SMILES string of the molecule is C=Cc1cc(OC)c(/C=C/c2cc(/C=C/c3cc(OC)c(C=C)cc3OC)cc(/C=C/c3cc(OC)c(C=C)cc3OC)c2)cc1OC. The van der Waals surface area contributed by atoms with Crippen molar-refractivity contribution in [2.75, 3.05) is 42.7 Å². The van der Waals surface area contributed by atoms with Crippen LogP contribution in [-0.2, 0) is 0 Å². The Kier molecular flexibility index (Phi) is 12.1. The topological polar surface area (TPSA) is 55.4 Å². The Hall–Kier alpha value is -5.88. The lowest BCUT2D eigenvalue weighted by Gasteiger charge is -2.12. The lowest BCUT2D eigenvalue weighted by atomic mass is 10.0. The summed E-state index contributed by atoms with van der Waals surface area (Å²) in [6.45, 7) is 11.7. The zero-order chi connectivity index (χ0) is 34.6. The van der Waals surface area contributed by atoms with E-state index in [-0.39, 0.29) is 0 Å². The maximum atomic E-state index is 5.68. The summed E-state index contributed by atoms with van der Waals surface area (Å²) in [7, 11) is 9.87. The lowest BCUT2D eigenvalue weighted by Crippen LogP contribution is -1.93. The number of ether oxygens (including phenoxy) is 6. The van der Waals surface area contributed by atoms with Crippen LogP contribution in [-0.4, -0.2) is 42.7 Å². The van der Waals surface area contributed by atoms with Gasteiger partial charge >= 0.3 is 0 Å². The van der Waals surface area contributed by atoms with E-state index >= 15 is 0 Å². The van der Waals surface area contributed by atoms with Crippen LogP contribution in [0.2, 0.25) is 0 Å². The van der Waals surface area contributed by atoms with Crippen molar-refractivity contribution in [1.82, 2.24) is 0 Å². The predicted octanol–water partition coefficient (Wildman–Crippen LogP) is 10.2. The molecule has 0 aromatic heterocycles. The minimum atomic E-state index is 0.712. The van der Waals surface area contributed by atoms with E-state index in [0.29, 0.717) is 34.5 Å². The highest BCUT2D eigenvalue weighted by atomic mass is 16.5. The van der Waals surface area contributed by atoms with Gasteiger partial charge in [-0.2, -0.15) is 0 Å². The zero-order valence-corrected chi connectivity index (χ0v) is 28.5. The Labute approximate surface area is 284 Å². The van der Waals surface area contributed by atoms with E-state index < -0.39 is 0 Å². The van der Waals surface area contributed by atoms with Gasteiger partial charge in [-0.3, -0.25) is 0 Å². The van der Waals surface area contributed by atoms with Crippen molar-refractivity contribution < 1.29 is 28.4 Å². The van der Waals surface area contributed by atoms with Crippen molar-refractivity contribution in [3.05, 3.63) is 124 Å². The van der Waals surface area contributed by atoms with Crippen LogP contribution in [0.4, 0.5) is 0 Å². The maximum absolute atomic E-state index is 5.68. The van der Waals surface area contributed by atoms with E-state index in [1.54, 1.807) is 60.9 Å². The fourth-order valence-electron chi connectivity index (χ4n) is 5.25. The molecule has 0 saturated heterocycles. The average molecular weight is 643 g/mol. The van der Waals surface area contributed by atoms with Crippen molar-refractivity contribution in [2.45, 2.75) is 0 Å². The monoisotopic (exact) mass is 642 g/mol. The van der Waals surface area contributed by atoms with Crippen LogP contribution in [0.3, 0.4) is 0 Å². The summed E-state index contributed by atoms with van der Waals surface area (Å²) in [5.74, 6) is 4.28. The molecule has 4 aromatic rings. The summed E-state index contributed by atoms with van der Waals surface area (Å²) in [6, 6.07) is 17.9. The molecule has 246 valence electrons. The van der Waals surface area contributed by atoms with E-state index in [1.807, 2.05) is 72.9 Å². The highest BCUT2D eigenvalue weighted by Crippen LogP contribution is 2.34. The van der Waals surface area contributed by atoms with E-state index in [1.165, 1.54) is 0 Å². The Morgan fingerprint density at radius 2 is 0.521 bits per heavy atom. The molecule has 0 spiro atoms. The first-order chi connectivity index (χ1) is 23.3. The number of methoxy groups -OCH3 is 6. The molecular formula is C42H42O6. The fourth-order valence-corrected chi connectivity index (χ4v) is 5.25. The molecule has 0 heterocycles. The predicted molar refractivity (Wildman–Crippen MR) is 202 cm³/mol. The van der Waals surface area contributed by atoms with Gasteiger partial charge in [0.05, 0.1) is 42.7 Å². The van der Waals surface area contributed by atoms with Gasteiger partial charge in [0.25, 0.3) is 0 Å². The molecule has 0 aliphatic rings. The molecule has 0 aliphatic heterocycles. The Balaban J connectivity index is 1.83. The molecule has 0 unspecified atom stereocenters. The smallest absolute Gasteiger partial charge is 0.126 e. The summed E-state index contributed by atoms with van der Waals surface area (Å²) in [6.07, 6.45) is 17.4. The molecule has 48 heavy (non-hydrogen) atoms. The molecule has 0 atom stereocenters. The second kappa shape index (κ2) is 16.6. The Morgan fingerprint density at radius 1 is 0.312 bits per heavy atom. The zero-order valence-electron chi connectivity index (χ0n) is 28.5. The van der Waals surface area contributed by atoms with Crippen molar-refractivity contribution in [2.24, 2.45) is 0 Å². The Bertz CT molecular complexity index is 1660. The van der Waals surface area contributed by atoms with Crippen LogP contribution in [0.25, 0.3) is 54.7 Å². The quantitative estimate of drug-likeness (QED) is 0.120. The van der Waals surface area contributed by atoms with Gasteiger partial charge in [0, 0.05) is 33.4 Å². The first-order valence-corrected chi connectivity index (χ1v) is 15.2. The molecule has 6 nitrogen and oxygen atoms in total. The number of hydrogen-bond acceptors (Lipinski definition) is 6. The van der Waals surface area contributed by atoms with Gasteiger partial charge in [-0.05, 0) is 71.3 Å². The average Bonchev–Trinajstić information content (AvgIpc) is 3.13. The van der Waals surface area contributed by atoms with E-state index in [2.05, 4.69) is 37.9 Å². The minimum Gasteiger partial charge on any atom is -0.496 e. The first-order valence-electron chi connectivity index (χ1n) is 15.2. The standard InChI is InChI=1S/C42H42O6/c1-10-31-22-40(46-7)34(25-37(31)43-4)16-13-28-19-29(14-17-35-26-38(44-5)32(11-2)23-41(35)47-8)21-30(20-28)15-18-36-27-39(45-6)33(12-3)24-42(36)48-9/h10-27H,1-3H2,4-9H3/b16-13+,17-14+,18-15+. The fraction of sp³-hybridized carbons (Fsp3) is 0.143. The van der Waals surface area contributed by atoms with E-state index in [0.717, 1.165) is 50.1 Å². The summed E-state index contributed by atoms with van der Waals surface area (Å²) in [5.41, 5.74) is 8.10. The van der Waals surface area contributed by atoms with Gasteiger partial charge in [0.1, 0.15) is 34.5 Å². The highest BCUT2D eigenvalue weighted by molar-refractivity contribution is 5.82. The largest absolute Gasteiger partial charge is 0.496 e. The molecule has 0 N–H and O–H groups in total. The van der Waals surface area contributed by atoms with Crippen LogP contribution < -0.4 is 28.4 Å². The maximum Gasteiger partial charge on any atom is 0.126 e. The van der Waals surface area contributed by atoms with Gasteiger partial charge in [0.2, 0.25) is 0 Å². The van der Waals surface area contributed by atoms with Gasteiger partial charge in [-0.1, -0.05) is 74.4 Å². The molecule has 0 fully saturated rings. The van der Waals surface area contributed by atoms with Gasteiger partial charge in [-0.25, -0.2) is 0 Å². The van der Waals surface area contributed by atoms with Gasteiger partial charge < -0.3 is 28.4 Å². The van der Waals surface area contributed by atoms with E-state index in [9.17, 15) is 0 Å². The summed E-state index contributed by atoms with van der Waals surface area (Å²) in [5, 5.41) is 0. The number of hydrogen-bond donors (Lipinski definition) is 0. The first kappa shape index (κ1) is 35.0. The second-order valence-corrected chi connectivity index (χ2v) is 10.6. The molecule has 0 saturated carbocycles. The lowest BCUT2D eigenvalue weighted by molar-refractivity contribution is 0.401. The molecule has 0 aliphatic carbocycles. The van der Waals surface area contributed by atoms with Crippen molar-refractivity contribution in [3.63, 3.8) is 0 Å².